The van der Waals surface area contributed by atoms with E-state index in [1.807, 2.05) is 44.2 Å². The molecule has 5 atom stereocenters. The number of nitrogens with zero attached hydrogens (tertiary/aromatic N) is 1. The maximum absolute atomic E-state index is 13.1. The van der Waals surface area contributed by atoms with Crippen LogP contribution in [0.4, 0.5) is 10.5 Å². The maximum atomic E-state index is 13.1. The number of rotatable bonds is 2. The van der Waals surface area contributed by atoms with E-state index in [2.05, 4.69) is 5.32 Å². The molecule has 1 aromatic carbocycles. The van der Waals surface area contributed by atoms with Crippen molar-refractivity contribution in [2.24, 2.45) is 0 Å². The van der Waals surface area contributed by atoms with Crippen molar-refractivity contribution >= 4 is 29.3 Å². The highest BCUT2D eigenvalue weighted by Crippen LogP contribution is 2.44. The van der Waals surface area contributed by atoms with E-state index < -0.39 is 11.7 Å². The zero-order valence-electron chi connectivity index (χ0n) is 21.5. The van der Waals surface area contributed by atoms with E-state index in [0.29, 0.717) is 48.6 Å². The van der Waals surface area contributed by atoms with Gasteiger partial charge in [0.15, 0.2) is 0 Å². The standard InChI is InChI=1S/C27H35ClN2O6/c1-16-7-6-8-21(33-4)19-14-18(35-26(32)29-19)15-23-27(2,36-23)10-9-24(31)30(3)20-12-17(11-16)13-22(34-5)25(20)28/h6-8,12-13,18-19,21,23H,9-11,14-15H2,1-5H3,(H,29,32)/b8-6+,16-7+/t18-,19?,21+,23-,27-/m0/s1. The first-order chi connectivity index (χ1) is 17.1. The average molecular weight is 519 g/mol. The third-order valence-electron chi connectivity index (χ3n) is 7.31. The number of carbonyl (C=O) groups excluding carboxylic acids is 2. The molecule has 8 nitrogen and oxygen atoms in total. The van der Waals surface area contributed by atoms with Gasteiger partial charge in [-0.25, -0.2) is 4.79 Å². The summed E-state index contributed by atoms with van der Waals surface area (Å²) in [5.74, 6) is 0.467. The molecule has 3 heterocycles. The molecule has 0 saturated carbocycles. The molecule has 4 bridgehead atoms. The summed E-state index contributed by atoms with van der Waals surface area (Å²) in [6.45, 7) is 4.03. The first-order valence-corrected chi connectivity index (χ1v) is 12.7. The van der Waals surface area contributed by atoms with Gasteiger partial charge in [0.2, 0.25) is 5.91 Å². The van der Waals surface area contributed by atoms with Crippen molar-refractivity contribution in [3.8, 4) is 5.75 Å². The molecule has 2 amide bonds. The Balaban J connectivity index is 1.65. The minimum atomic E-state index is -0.450. The van der Waals surface area contributed by atoms with Gasteiger partial charge < -0.3 is 29.2 Å². The van der Waals surface area contributed by atoms with Crippen molar-refractivity contribution in [3.63, 3.8) is 0 Å². The lowest BCUT2D eigenvalue weighted by atomic mass is 9.93. The van der Waals surface area contributed by atoms with E-state index in [0.717, 1.165) is 11.1 Å². The third-order valence-corrected chi connectivity index (χ3v) is 7.69. The Morgan fingerprint density at radius 1 is 1.22 bits per heavy atom. The molecule has 0 aromatic heterocycles. The number of hydrogen-bond donors (Lipinski definition) is 1. The second-order valence-corrected chi connectivity index (χ2v) is 10.4. The van der Waals surface area contributed by atoms with Crippen LogP contribution in [0.2, 0.25) is 5.02 Å². The molecule has 2 saturated heterocycles. The number of hydrogen-bond acceptors (Lipinski definition) is 6. The lowest BCUT2D eigenvalue weighted by Gasteiger charge is -2.33. The zero-order chi connectivity index (χ0) is 26.0. The fraction of sp³-hybridized carbons (Fsp3) is 0.556. The Morgan fingerprint density at radius 2 is 2.00 bits per heavy atom. The van der Waals surface area contributed by atoms with Gasteiger partial charge in [-0.1, -0.05) is 35.4 Å². The zero-order valence-corrected chi connectivity index (χ0v) is 22.3. The van der Waals surface area contributed by atoms with Gasteiger partial charge in [-0.05, 0) is 44.4 Å². The lowest BCUT2D eigenvalue weighted by Crippen LogP contribution is -2.51. The van der Waals surface area contributed by atoms with Gasteiger partial charge in [-0.15, -0.1) is 0 Å². The van der Waals surface area contributed by atoms with Gasteiger partial charge in [0.05, 0.1) is 36.6 Å². The third kappa shape index (κ3) is 5.88. The van der Waals surface area contributed by atoms with E-state index in [9.17, 15) is 9.59 Å². The number of carbonyl (C=O) groups is 2. The Hall–Kier alpha value is -2.55. The molecule has 36 heavy (non-hydrogen) atoms. The number of benzene rings is 1. The molecule has 9 heteroatoms. The van der Waals surface area contributed by atoms with Gasteiger partial charge in [0, 0.05) is 33.4 Å². The molecular formula is C27H35ClN2O6. The average Bonchev–Trinajstić information content (AvgIpc) is 3.48. The van der Waals surface area contributed by atoms with Crippen molar-refractivity contribution < 1.29 is 28.5 Å². The normalized spacial score (nSPS) is 33.5. The minimum Gasteiger partial charge on any atom is -0.495 e. The molecule has 196 valence electrons. The van der Waals surface area contributed by atoms with Crippen LogP contribution in [0.3, 0.4) is 0 Å². The summed E-state index contributed by atoms with van der Waals surface area (Å²) < 4.78 is 22.7. The van der Waals surface area contributed by atoms with Crippen LogP contribution in [0.25, 0.3) is 0 Å². The Kier molecular flexibility index (Phi) is 7.97. The lowest BCUT2D eigenvalue weighted by molar-refractivity contribution is -0.118. The second kappa shape index (κ2) is 10.8. The molecule has 3 aliphatic rings. The largest absolute Gasteiger partial charge is 0.495 e. The van der Waals surface area contributed by atoms with Crippen molar-refractivity contribution in [1.82, 2.24) is 5.32 Å². The molecule has 0 aliphatic carbocycles. The van der Waals surface area contributed by atoms with Gasteiger partial charge >= 0.3 is 6.09 Å². The summed E-state index contributed by atoms with van der Waals surface area (Å²) >= 11 is 6.60. The molecule has 1 N–H and O–H groups in total. The van der Waals surface area contributed by atoms with E-state index in [1.54, 1.807) is 26.2 Å². The van der Waals surface area contributed by atoms with Crippen molar-refractivity contribution in [3.05, 3.63) is 46.5 Å². The molecule has 4 rings (SSSR count). The number of halogens is 1. The number of anilines is 1. The van der Waals surface area contributed by atoms with Crippen LogP contribution in [0.5, 0.6) is 5.75 Å². The predicted molar refractivity (Wildman–Crippen MR) is 138 cm³/mol. The smallest absolute Gasteiger partial charge is 0.407 e. The van der Waals surface area contributed by atoms with Crippen LogP contribution in [-0.4, -0.2) is 63.2 Å². The van der Waals surface area contributed by atoms with Crippen molar-refractivity contribution in [1.29, 1.82) is 0 Å². The molecule has 3 aliphatic heterocycles. The predicted octanol–water partition coefficient (Wildman–Crippen LogP) is 4.58. The quantitative estimate of drug-likeness (QED) is 0.576. The van der Waals surface area contributed by atoms with Crippen molar-refractivity contribution in [2.45, 2.75) is 75.9 Å². The van der Waals surface area contributed by atoms with Gasteiger partial charge in [0.1, 0.15) is 16.9 Å². The highest BCUT2D eigenvalue weighted by Gasteiger charge is 2.53. The summed E-state index contributed by atoms with van der Waals surface area (Å²) in [5.41, 5.74) is 2.26. The van der Waals surface area contributed by atoms with Gasteiger partial charge in [-0.3, -0.25) is 4.79 Å². The minimum absolute atomic E-state index is 0.0593. The Bertz CT molecular complexity index is 1070. The molecule has 1 aromatic rings. The van der Waals surface area contributed by atoms with E-state index in [-0.39, 0.29) is 30.3 Å². The number of methoxy groups -OCH3 is 2. The van der Waals surface area contributed by atoms with Gasteiger partial charge in [-0.2, -0.15) is 0 Å². The summed E-state index contributed by atoms with van der Waals surface area (Å²) in [6.07, 6.45) is 7.48. The van der Waals surface area contributed by atoms with Crippen LogP contribution >= 0.6 is 11.6 Å². The Morgan fingerprint density at radius 3 is 2.72 bits per heavy atom. The van der Waals surface area contributed by atoms with Crippen molar-refractivity contribution in [2.75, 3.05) is 26.2 Å². The molecular weight excluding hydrogens is 484 g/mol. The van der Waals surface area contributed by atoms with Crippen LogP contribution in [0.15, 0.2) is 35.9 Å². The van der Waals surface area contributed by atoms with Crippen LogP contribution in [0, 0.1) is 0 Å². The number of alkyl carbamates (subject to hydrolysis) is 1. The van der Waals surface area contributed by atoms with E-state index in [4.69, 9.17) is 30.5 Å². The Labute approximate surface area is 217 Å². The number of fused-ring (bicyclic) bond motifs is 5. The number of ether oxygens (including phenoxy) is 4. The molecule has 1 unspecified atom stereocenters. The van der Waals surface area contributed by atoms with E-state index in [1.165, 1.54) is 0 Å². The second-order valence-electron chi connectivity index (χ2n) is 10.0. The number of nitrogens with one attached hydrogen (secondary N) is 1. The van der Waals surface area contributed by atoms with Crippen LogP contribution < -0.4 is 15.0 Å². The monoisotopic (exact) mass is 518 g/mol. The molecule has 2 fully saturated rings. The van der Waals surface area contributed by atoms with Crippen LogP contribution in [-0.2, 0) is 25.4 Å². The number of epoxide rings is 1. The highest BCUT2D eigenvalue weighted by molar-refractivity contribution is 6.35. The fourth-order valence-corrected chi connectivity index (χ4v) is 5.33. The number of allylic oxidation sites excluding steroid dienone is 3. The fourth-order valence-electron chi connectivity index (χ4n) is 5.01. The maximum Gasteiger partial charge on any atom is 0.407 e. The first kappa shape index (κ1) is 26.5. The first-order valence-electron chi connectivity index (χ1n) is 12.3. The highest BCUT2D eigenvalue weighted by atomic mass is 35.5. The topological polar surface area (TPSA) is 89.6 Å². The molecule has 0 spiro atoms. The summed E-state index contributed by atoms with van der Waals surface area (Å²) in [6, 6.07) is 3.62. The summed E-state index contributed by atoms with van der Waals surface area (Å²) in [4.78, 5) is 27.0. The molecule has 0 radical (unpaired) electrons. The number of amides is 2. The summed E-state index contributed by atoms with van der Waals surface area (Å²) in [7, 11) is 4.93. The summed E-state index contributed by atoms with van der Waals surface area (Å²) in [5, 5.41) is 3.29. The SMILES string of the molecule is COc1cc2cc(c1Cl)N(C)C(=O)CC[C@]1(C)O[C@H]1C[C@@H]1CC(NC(=O)O1)[C@H](OC)/C=C/C=C(\C)C2. The van der Waals surface area contributed by atoms with E-state index >= 15 is 0 Å². The van der Waals surface area contributed by atoms with Crippen LogP contribution in [0.1, 0.15) is 45.1 Å². The van der Waals surface area contributed by atoms with Gasteiger partial charge in [0.25, 0.3) is 0 Å².